The molecule has 0 amide bonds. The lowest BCUT2D eigenvalue weighted by atomic mass is 9.72. The number of pyridine rings is 1. The molecule has 4 nitrogen and oxygen atoms in total. The van der Waals surface area contributed by atoms with E-state index < -0.39 is 0 Å². The summed E-state index contributed by atoms with van der Waals surface area (Å²) in [5.41, 5.74) is 10.1. The summed E-state index contributed by atoms with van der Waals surface area (Å²) >= 11 is 6.08. The van der Waals surface area contributed by atoms with Gasteiger partial charge in [-0.2, -0.15) is 0 Å². The molecule has 1 aromatic heterocycles. The van der Waals surface area contributed by atoms with Gasteiger partial charge < -0.3 is 10.5 Å². The van der Waals surface area contributed by atoms with Gasteiger partial charge in [-0.25, -0.2) is 4.99 Å². The third kappa shape index (κ3) is 2.47. The van der Waals surface area contributed by atoms with Gasteiger partial charge in [-0.15, -0.1) is 0 Å². The molecule has 4 rings (SSSR count). The Bertz CT molecular complexity index is 805. The highest BCUT2D eigenvalue weighted by molar-refractivity contribution is 6.30. The molecule has 2 N–H and O–H groups in total. The number of benzene rings is 1. The third-order valence-corrected chi connectivity index (χ3v) is 4.89. The van der Waals surface area contributed by atoms with Gasteiger partial charge in [0.25, 0.3) is 6.02 Å². The fourth-order valence-corrected chi connectivity index (χ4v) is 3.96. The Morgan fingerprint density at radius 1 is 1.26 bits per heavy atom. The van der Waals surface area contributed by atoms with Crippen LogP contribution < -0.4 is 5.73 Å². The van der Waals surface area contributed by atoms with Crippen molar-refractivity contribution in [2.45, 2.75) is 25.3 Å². The molecule has 1 aliphatic carbocycles. The van der Waals surface area contributed by atoms with Crippen molar-refractivity contribution >= 4 is 17.6 Å². The van der Waals surface area contributed by atoms with Crippen LogP contribution in [0, 0.1) is 5.92 Å². The van der Waals surface area contributed by atoms with Gasteiger partial charge in [-0.05, 0) is 47.6 Å². The van der Waals surface area contributed by atoms with Crippen molar-refractivity contribution < 1.29 is 4.74 Å². The van der Waals surface area contributed by atoms with E-state index in [1.807, 2.05) is 12.3 Å². The summed E-state index contributed by atoms with van der Waals surface area (Å²) in [6.07, 6.45) is 5.48. The summed E-state index contributed by atoms with van der Waals surface area (Å²) in [6, 6.07) is 8.73. The van der Waals surface area contributed by atoms with E-state index in [0.717, 1.165) is 24.0 Å². The van der Waals surface area contributed by atoms with Crippen molar-refractivity contribution in [3.05, 3.63) is 52.8 Å². The van der Waals surface area contributed by atoms with Gasteiger partial charge in [0.2, 0.25) is 0 Å². The number of amidine groups is 1. The van der Waals surface area contributed by atoms with Gasteiger partial charge in [0.1, 0.15) is 12.1 Å². The number of hydrogen-bond acceptors (Lipinski definition) is 4. The minimum absolute atomic E-state index is 0.292. The van der Waals surface area contributed by atoms with E-state index in [1.54, 1.807) is 6.20 Å². The zero-order valence-corrected chi connectivity index (χ0v) is 13.7. The van der Waals surface area contributed by atoms with E-state index in [0.29, 0.717) is 23.6 Å². The molecule has 0 fully saturated rings. The second kappa shape index (κ2) is 5.24. The minimum atomic E-state index is -0.348. The first kappa shape index (κ1) is 14.5. The number of fused-ring (bicyclic) bond motifs is 2. The standard InChI is InChI=1S/C18H18ClN3O/c1-11-4-13-3-2-12(14-5-15(19)9-21-8-14)6-16(13)18(7-11)10-23-17(20)22-18/h2-3,5-6,8-9,11H,4,7,10H2,1H3,(H2,20,22)/t11?,18-/m0/s1. The zero-order valence-electron chi connectivity index (χ0n) is 12.9. The fraction of sp³-hybridized carbons (Fsp3) is 0.333. The van der Waals surface area contributed by atoms with Gasteiger partial charge in [0.15, 0.2) is 0 Å². The first-order chi connectivity index (χ1) is 11.1. The smallest absolute Gasteiger partial charge is 0.283 e. The Morgan fingerprint density at radius 2 is 2.13 bits per heavy atom. The molecule has 0 radical (unpaired) electrons. The molecule has 2 heterocycles. The van der Waals surface area contributed by atoms with Gasteiger partial charge in [-0.3, -0.25) is 4.98 Å². The summed E-state index contributed by atoms with van der Waals surface area (Å²) in [4.78, 5) is 8.84. The quantitative estimate of drug-likeness (QED) is 0.871. The van der Waals surface area contributed by atoms with Crippen LogP contribution in [0.15, 0.2) is 41.7 Å². The zero-order chi connectivity index (χ0) is 16.0. The molecular weight excluding hydrogens is 310 g/mol. The topological polar surface area (TPSA) is 60.5 Å². The van der Waals surface area contributed by atoms with E-state index in [4.69, 9.17) is 22.1 Å². The van der Waals surface area contributed by atoms with Crippen molar-refractivity contribution in [2.24, 2.45) is 16.6 Å². The molecule has 0 saturated heterocycles. The van der Waals surface area contributed by atoms with Crippen LogP contribution in [-0.2, 0) is 16.7 Å². The van der Waals surface area contributed by atoms with Gasteiger partial charge >= 0.3 is 0 Å². The number of ether oxygens (including phenoxy) is 1. The lowest BCUT2D eigenvalue weighted by molar-refractivity contribution is 0.212. The second-order valence-corrected chi connectivity index (χ2v) is 6.98. The molecule has 0 bridgehead atoms. The Balaban J connectivity index is 1.85. The molecule has 1 unspecified atom stereocenters. The predicted octanol–water partition coefficient (Wildman–Crippen LogP) is 3.52. The Labute approximate surface area is 140 Å². The average Bonchev–Trinajstić information content (AvgIpc) is 2.88. The highest BCUT2D eigenvalue weighted by atomic mass is 35.5. The number of halogens is 1. The third-order valence-electron chi connectivity index (χ3n) is 4.69. The summed E-state index contributed by atoms with van der Waals surface area (Å²) in [5.74, 6) is 0.555. The maximum Gasteiger partial charge on any atom is 0.283 e. The summed E-state index contributed by atoms with van der Waals surface area (Å²) in [6.45, 7) is 2.77. The summed E-state index contributed by atoms with van der Waals surface area (Å²) in [5, 5.41) is 0.634. The molecule has 2 atom stereocenters. The number of hydrogen-bond donors (Lipinski definition) is 1. The summed E-state index contributed by atoms with van der Waals surface area (Å²) in [7, 11) is 0. The van der Waals surface area contributed by atoms with Gasteiger partial charge in [0.05, 0.1) is 5.02 Å². The van der Waals surface area contributed by atoms with Crippen LogP contribution in [0.2, 0.25) is 5.02 Å². The normalized spacial score (nSPS) is 25.8. The molecule has 2 aliphatic rings. The van der Waals surface area contributed by atoms with Crippen LogP contribution in [-0.4, -0.2) is 17.6 Å². The van der Waals surface area contributed by atoms with Crippen LogP contribution in [0.5, 0.6) is 0 Å². The molecule has 2 aromatic rings. The van der Waals surface area contributed by atoms with Crippen molar-refractivity contribution in [2.75, 3.05) is 6.61 Å². The van der Waals surface area contributed by atoms with Crippen molar-refractivity contribution in [1.82, 2.24) is 4.98 Å². The molecular formula is C18H18ClN3O. The SMILES string of the molecule is CC1Cc2ccc(-c3cncc(Cl)c3)cc2[C@@]2(COC(N)=N2)C1. The molecule has 1 spiro atoms. The first-order valence-corrected chi connectivity index (χ1v) is 8.16. The fourth-order valence-electron chi connectivity index (χ4n) is 3.78. The van der Waals surface area contributed by atoms with E-state index in [1.165, 1.54) is 11.1 Å². The number of aliphatic imine (C=N–C) groups is 1. The number of aromatic nitrogens is 1. The number of nitrogens with two attached hydrogens (primary N) is 1. The Morgan fingerprint density at radius 3 is 2.87 bits per heavy atom. The lowest BCUT2D eigenvalue weighted by Crippen LogP contribution is -2.34. The van der Waals surface area contributed by atoms with Gasteiger partial charge in [-0.1, -0.05) is 30.7 Å². The molecule has 1 aliphatic heterocycles. The highest BCUT2D eigenvalue weighted by Gasteiger charge is 2.43. The van der Waals surface area contributed by atoms with Crippen LogP contribution in [0.4, 0.5) is 0 Å². The van der Waals surface area contributed by atoms with E-state index in [-0.39, 0.29) is 5.54 Å². The molecule has 5 heteroatoms. The van der Waals surface area contributed by atoms with Crippen LogP contribution >= 0.6 is 11.6 Å². The maximum atomic E-state index is 6.08. The van der Waals surface area contributed by atoms with E-state index in [2.05, 4.69) is 35.1 Å². The average molecular weight is 328 g/mol. The first-order valence-electron chi connectivity index (χ1n) is 7.78. The summed E-state index contributed by atoms with van der Waals surface area (Å²) < 4.78 is 5.51. The molecule has 118 valence electrons. The Hall–Kier alpha value is -2.07. The second-order valence-electron chi connectivity index (χ2n) is 6.55. The van der Waals surface area contributed by atoms with E-state index >= 15 is 0 Å². The van der Waals surface area contributed by atoms with Crippen molar-refractivity contribution in [1.29, 1.82) is 0 Å². The Kier molecular flexibility index (Phi) is 3.31. The van der Waals surface area contributed by atoms with Crippen LogP contribution in [0.25, 0.3) is 11.1 Å². The van der Waals surface area contributed by atoms with Crippen LogP contribution in [0.1, 0.15) is 24.5 Å². The van der Waals surface area contributed by atoms with Crippen molar-refractivity contribution in [3.63, 3.8) is 0 Å². The predicted molar refractivity (Wildman–Crippen MR) is 91.4 cm³/mol. The minimum Gasteiger partial charge on any atom is -0.462 e. The van der Waals surface area contributed by atoms with Crippen molar-refractivity contribution in [3.8, 4) is 11.1 Å². The largest absolute Gasteiger partial charge is 0.462 e. The molecule has 0 saturated carbocycles. The monoisotopic (exact) mass is 327 g/mol. The molecule has 1 aromatic carbocycles. The van der Waals surface area contributed by atoms with E-state index in [9.17, 15) is 0 Å². The van der Waals surface area contributed by atoms with Crippen LogP contribution in [0.3, 0.4) is 0 Å². The number of nitrogens with zero attached hydrogens (tertiary/aromatic N) is 2. The van der Waals surface area contributed by atoms with Gasteiger partial charge in [0, 0.05) is 18.0 Å². The lowest BCUT2D eigenvalue weighted by Gasteiger charge is -2.35. The maximum absolute atomic E-state index is 6.08. The highest BCUT2D eigenvalue weighted by Crippen LogP contribution is 2.44. The molecule has 23 heavy (non-hydrogen) atoms. The number of rotatable bonds is 1.